The minimum Gasteiger partial charge on any atom is -0.387 e. The molecule has 0 aliphatic carbocycles. The van der Waals surface area contributed by atoms with Gasteiger partial charge in [0.2, 0.25) is 0 Å². The van der Waals surface area contributed by atoms with E-state index < -0.39 is 6.10 Å². The van der Waals surface area contributed by atoms with Crippen LogP contribution in [-0.2, 0) is 0 Å². The van der Waals surface area contributed by atoms with E-state index in [1.165, 1.54) is 6.33 Å². The van der Waals surface area contributed by atoms with Crippen molar-refractivity contribution in [3.8, 4) is 0 Å². The van der Waals surface area contributed by atoms with E-state index in [4.69, 9.17) is 0 Å². The quantitative estimate of drug-likeness (QED) is 0.661. The zero-order chi connectivity index (χ0) is 7.40. The van der Waals surface area contributed by atoms with E-state index in [2.05, 4.69) is 9.97 Å². The van der Waals surface area contributed by atoms with Crippen molar-refractivity contribution in [1.29, 1.82) is 0 Å². The van der Waals surface area contributed by atoms with Crippen molar-refractivity contribution in [1.82, 2.24) is 9.97 Å². The van der Waals surface area contributed by atoms with Gasteiger partial charge in [-0.2, -0.15) is 0 Å². The summed E-state index contributed by atoms with van der Waals surface area (Å²) in [4.78, 5) is 7.63. The second-order valence-corrected chi connectivity index (χ2v) is 2.06. The van der Waals surface area contributed by atoms with Crippen molar-refractivity contribution in [3.63, 3.8) is 0 Å². The summed E-state index contributed by atoms with van der Waals surface area (Å²) in [6.45, 7) is 1.91. The Morgan fingerprint density at radius 2 is 2.50 bits per heavy atom. The van der Waals surface area contributed by atoms with Crippen LogP contribution in [0.5, 0.6) is 0 Å². The van der Waals surface area contributed by atoms with Gasteiger partial charge in [-0.25, -0.2) is 9.97 Å². The van der Waals surface area contributed by atoms with Crippen LogP contribution in [0.25, 0.3) is 0 Å². The smallest absolute Gasteiger partial charge is 0.115 e. The van der Waals surface area contributed by atoms with Crippen LogP contribution in [0.4, 0.5) is 0 Å². The molecule has 0 saturated heterocycles. The molecule has 0 spiro atoms. The van der Waals surface area contributed by atoms with Crippen LogP contribution in [0.2, 0.25) is 0 Å². The Kier molecular flexibility index (Phi) is 2.34. The molecule has 0 fully saturated rings. The molecule has 0 aromatic carbocycles. The maximum atomic E-state index is 9.24. The van der Waals surface area contributed by atoms with Crippen LogP contribution >= 0.6 is 0 Å². The number of hydrogen-bond acceptors (Lipinski definition) is 3. The van der Waals surface area contributed by atoms with Crippen LogP contribution in [0.15, 0.2) is 18.6 Å². The van der Waals surface area contributed by atoms with Gasteiger partial charge in [0.05, 0.1) is 11.8 Å². The summed E-state index contributed by atoms with van der Waals surface area (Å²) in [6.07, 6.45) is 3.31. The lowest BCUT2D eigenvalue weighted by atomic mass is 10.2. The highest BCUT2D eigenvalue weighted by molar-refractivity contribution is 5.00. The monoisotopic (exact) mass is 138 g/mol. The number of aromatic nitrogens is 2. The van der Waals surface area contributed by atoms with Gasteiger partial charge in [0.1, 0.15) is 6.33 Å². The van der Waals surface area contributed by atoms with E-state index in [0.717, 1.165) is 0 Å². The molecule has 0 aliphatic rings. The van der Waals surface area contributed by atoms with Gasteiger partial charge in [-0.3, -0.25) is 0 Å². The third-order valence-corrected chi connectivity index (χ3v) is 1.33. The van der Waals surface area contributed by atoms with Gasteiger partial charge >= 0.3 is 0 Å². The molecule has 3 nitrogen and oxygen atoms in total. The SMILES string of the molecule is CC[C@H](O)c1ccncn1. The molecular weight excluding hydrogens is 128 g/mol. The Labute approximate surface area is 59.8 Å². The second-order valence-electron chi connectivity index (χ2n) is 2.06. The number of rotatable bonds is 2. The normalized spacial score (nSPS) is 13.0. The molecule has 0 amide bonds. The van der Waals surface area contributed by atoms with Gasteiger partial charge in [-0.1, -0.05) is 6.92 Å². The van der Waals surface area contributed by atoms with Crippen molar-refractivity contribution in [2.75, 3.05) is 0 Å². The number of nitrogens with zero attached hydrogens (tertiary/aromatic N) is 2. The molecule has 1 heterocycles. The summed E-state index contributed by atoms with van der Waals surface area (Å²) in [6, 6.07) is 1.72. The molecule has 54 valence electrons. The zero-order valence-corrected chi connectivity index (χ0v) is 5.86. The van der Waals surface area contributed by atoms with Gasteiger partial charge in [0.15, 0.2) is 0 Å². The van der Waals surface area contributed by atoms with E-state index in [-0.39, 0.29) is 0 Å². The predicted octanol–water partition coefficient (Wildman–Crippen LogP) is 0.920. The largest absolute Gasteiger partial charge is 0.387 e. The van der Waals surface area contributed by atoms with Crippen LogP contribution < -0.4 is 0 Å². The summed E-state index contributed by atoms with van der Waals surface area (Å²) < 4.78 is 0. The van der Waals surface area contributed by atoms with Crippen LogP contribution in [0, 0.1) is 0 Å². The fraction of sp³-hybridized carbons (Fsp3) is 0.429. The Balaban J connectivity index is 2.75. The predicted molar refractivity (Wildman–Crippen MR) is 37.3 cm³/mol. The average molecular weight is 138 g/mol. The maximum absolute atomic E-state index is 9.24. The molecule has 1 aromatic rings. The standard InChI is InChI=1S/C7H10N2O/c1-2-7(10)6-3-4-8-5-9-6/h3-5,7,10H,2H2,1H3/t7-/m0/s1. The third-order valence-electron chi connectivity index (χ3n) is 1.33. The molecule has 1 N–H and O–H groups in total. The van der Waals surface area contributed by atoms with Gasteiger partial charge in [-0.15, -0.1) is 0 Å². The first-order valence-corrected chi connectivity index (χ1v) is 3.28. The summed E-state index contributed by atoms with van der Waals surface area (Å²) in [5.74, 6) is 0. The van der Waals surface area contributed by atoms with E-state index in [9.17, 15) is 5.11 Å². The fourth-order valence-electron chi connectivity index (χ4n) is 0.707. The van der Waals surface area contributed by atoms with Crippen LogP contribution in [0.3, 0.4) is 0 Å². The van der Waals surface area contributed by atoms with E-state index >= 15 is 0 Å². The Morgan fingerprint density at radius 3 is 3.00 bits per heavy atom. The minimum atomic E-state index is -0.442. The highest BCUT2D eigenvalue weighted by Crippen LogP contribution is 2.10. The molecule has 1 aromatic heterocycles. The number of hydrogen-bond donors (Lipinski definition) is 1. The molecule has 0 aliphatic heterocycles. The highest BCUT2D eigenvalue weighted by Gasteiger charge is 2.03. The molecular formula is C7H10N2O. The lowest BCUT2D eigenvalue weighted by molar-refractivity contribution is 0.168. The summed E-state index contributed by atoms with van der Waals surface area (Å²) >= 11 is 0. The van der Waals surface area contributed by atoms with Gasteiger partial charge < -0.3 is 5.11 Å². The summed E-state index contributed by atoms with van der Waals surface area (Å²) in [7, 11) is 0. The van der Waals surface area contributed by atoms with Crippen molar-refractivity contribution < 1.29 is 5.11 Å². The molecule has 10 heavy (non-hydrogen) atoms. The molecule has 3 heteroatoms. The Bertz CT molecular complexity index is 188. The fourth-order valence-corrected chi connectivity index (χ4v) is 0.707. The molecule has 1 rings (SSSR count). The highest BCUT2D eigenvalue weighted by atomic mass is 16.3. The van der Waals surface area contributed by atoms with Gasteiger partial charge in [0.25, 0.3) is 0 Å². The van der Waals surface area contributed by atoms with E-state index in [0.29, 0.717) is 12.1 Å². The second kappa shape index (κ2) is 3.27. The van der Waals surface area contributed by atoms with Crippen molar-refractivity contribution >= 4 is 0 Å². The summed E-state index contributed by atoms with van der Waals surface area (Å²) in [5.41, 5.74) is 0.692. The van der Waals surface area contributed by atoms with Crippen molar-refractivity contribution in [2.24, 2.45) is 0 Å². The van der Waals surface area contributed by atoms with Crippen molar-refractivity contribution in [2.45, 2.75) is 19.4 Å². The number of aliphatic hydroxyl groups excluding tert-OH is 1. The third kappa shape index (κ3) is 1.51. The summed E-state index contributed by atoms with van der Waals surface area (Å²) in [5, 5.41) is 9.24. The Hall–Kier alpha value is -0.960. The minimum absolute atomic E-state index is 0.442. The molecule has 0 unspecified atom stereocenters. The van der Waals surface area contributed by atoms with Crippen molar-refractivity contribution in [3.05, 3.63) is 24.3 Å². The lowest BCUT2D eigenvalue weighted by Gasteiger charge is -2.03. The topological polar surface area (TPSA) is 46.0 Å². The van der Waals surface area contributed by atoms with Crippen LogP contribution in [0.1, 0.15) is 25.1 Å². The molecule has 0 radical (unpaired) electrons. The molecule has 0 saturated carbocycles. The Morgan fingerprint density at radius 1 is 1.70 bits per heavy atom. The number of aliphatic hydroxyl groups is 1. The zero-order valence-electron chi connectivity index (χ0n) is 5.86. The first-order chi connectivity index (χ1) is 4.84. The lowest BCUT2D eigenvalue weighted by Crippen LogP contribution is -1.97. The van der Waals surface area contributed by atoms with E-state index in [1.807, 2.05) is 6.92 Å². The molecule has 1 atom stereocenters. The molecule has 0 bridgehead atoms. The first-order valence-electron chi connectivity index (χ1n) is 3.28. The van der Waals surface area contributed by atoms with Gasteiger partial charge in [-0.05, 0) is 12.5 Å². The van der Waals surface area contributed by atoms with Crippen LogP contribution in [-0.4, -0.2) is 15.1 Å². The van der Waals surface area contributed by atoms with E-state index in [1.54, 1.807) is 12.3 Å². The average Bonchev–Trinajstić information content (AvgIpc) is 2.05. The maximum Gasteiger partial charge on any atom is 0.115 e. The van der Waals surface area contributed by atoms with Gasteiger partial charge in [0, 0.05) is 6.20 Å². The first kappa shape index (κ1) is 7.15.